The third kappa shape index (κ3) is 4.00. The molecule has 1 fully saturated rings. The van der Waals surface area contributed by atoms with E-state index in [0.717, 1.165) is 19.4 Å². The van der Waals surface area contributed by atoms with E-state index in [-0.39, 0.29) is 0 Å². The number of hydrogen-bond donors (Lipinski definition) is 1. The number of hydrogen-bond acceptors (Lipinski definition) is 2. The summed E-state index contributed by atoms with van der Waals surface area (Å²) in [5.41, 5.74) is 1.29. The minimum atomic E-state index is 0.311. The van der Waals surface area contributed by atoms with Crippen molar-refractivity contribution in [2.45, 2.75) is 49.9 Å². The smallest absolute Gasteiger partial charge is 0.0522 e. The summed E-state index contributed by atoms with van der Waals surface area (Å²) in [7, 11) is 1.96. The van der Waals surface area contributed by atoms with E-state index in [1.807, 2.05) is 17.9 Å². The average Bonchev–Trinajstić information content (AvgIpc) is 2.61. The van der Waals surface area contributed by atoms with Gasteiger partial charge in [-0.3, -0.25) is 4.68 Å². The minimum Gasteiger partial charge on any atom is -0.312 e. The van der Waals surface area contributed by atoms with Crippen LogP contribution >= 0.6 is 11.6 Å². The molecule has 4 heteroatoms. The minimum absolute atomic E-state index is 0.311. The van der Waals surface area contributed by atoms with Crippen molar-refractivity contribution in [1.82, 2.24) is 15.1 Å². The van der Waals surface area contributed by atoms with Gasteiger partial charge in [0.25, 0.3) is 0 Å². The van der Waals surface area contributed by atoms with Crippen molar-refractivity contribution in [3.05, 3.63) is 18.0 Å². The molecule has 1 aliphatic carbocycles. The first-order chi connectivity index (χ1) is 8.25. The Balaban J connectivity index is 1.73. The second-order valence-electron chi connectivity index (χ2n) is 4.99. The summed E-state index contributed by atoms with van der Waals surface area (Å²) in [5.74, 6) is 0. The highest BCUT2D eigenvalue weighted by atomic mass is 35.5. The Kier molecular flexibility index (Phi) is 4.86. The van der Waals surface area contributed by atoms with E-state index in [2.05, 4.69) is 16.6 Å². The van der Waals surface area contributed by atoms with E-state index < -0.39 is 0 Å². The van der Waals surface area contributed by atoms with E-state index in [4.69, 9.17) is 11.6 Å². The molecule has 1 heterocycles. The van der Waals surface area contributed by atoms with Crippen LogP contribution in [0.15, 0.2) is 12.4 Å². The fourth-order valence-corrected chi connectivity index (χ4v) is 2.86. The first kappa shape index (κ1) is 12.9. The van der Waals surface area contributed by atoms with Gasteiger partial charge in [0.05, 0.1) is 6.20 Å². The quantitative estimate of drug-likeness (QED) is 0.662. The van der Waals surface area contributed by atoms with Crippen LogP contribution in [0.2, 0.25) is 0 Å². The molecule has 2 rings (SSSR count). The van der Waals surface area contributed by atoms with Gasteiger partial charge in [0.15, 0.2) is 0 Å². The Morgan fingerprint density at radius 1 is 1.41 bits per heavy atom. The lowest BCUT2D eigenvalue weighted by atomic mass is 10.1. The lowest BCUT2D eigenvalue weighted by Crippen LogP contribution is -2.37. The molecular formula is C13H22ClN3. The highest BCUT2D eigenvalue weighted by Gasteiger charge is 2.20. The number of rotatable bonds is 4. The Hall–Kier alpha value is -0.540. The number of aryl methyl sites for hydroxylation is 1. The molecule has 17 heavy (non-hydrogen) atoms. The number of aromatic nitrogens is 2. The first-order valence-electron chi connectivity index (χ1n) is 6.60. The third-order valence-electron chi connectivity index (χ3n) is 3.51. The molecule has 2 unspecified atom stereocenters. The number of halogens is 1. The van der Waals surface area contributed by atoms with E-state index in [9.17, 15) is 0 Å². The van der Waals surface area contributed by atoms with E-state index in [0.29, 0.717) is 11.4 Å². The molecule has 0 aliphatic heterocycles. The molecule has 1 aliphatic rings. The maximum Gasteiger partial charge on any atom is 0.0522 e. The maximum atomic E-state index is 6.39. The van der Waals surface area contributed by atoms with Crippen LogP contribution in [0.3, 0.4) is 0 Å². The molecule has 2 atom stereocenters. The average molecular weight is 256 g/mol. The molecule has 0 aromatic carbocycles. The summed E-state index contributed by atoms with van der Waals surface area (Å²) in [6, 6.07) is 0.496. The molecule has 1 aromatic heterocycles. The second-order valence-corrected chi connectivity index (χ2v) is 5.55. The molecule has 1 saturated carbocycles. The van der Waals surface area contributed by atoms with Crippen LogP contribution in [0, 0.1) is 0 Å². The zero-order valence-corrected chi connectivity index (χ0v) is 11.3. The molecular weight excluding hydrogens is 234 g/mol. The van der Waals surface area contributed by atoms with E-state index in [1.54, 1.807) is 0 Å². The van der Waals surface area contributed by atoms with Crippen molar-refractivity contribution in [3.8, 4) is 0 Å². The molecule has 3 nitrogen and oxygen atoms in total. The first-order valence-corrected chi connectivity index (χ1v) is 7.04. The lowest BCUT2D eigenvalue weighted by Gasteiger charge is -2.20. The van der Waals surface area contributed by atoms with E-state index in [1.165, 1.54) is 31.2 Å². The Bertz CT molecular complexity index is 337. The van der Waals surface area contributed by atoms with Crippen LogP contribution in [0.1, 0.15) is 37.7 Å². The number of nitrogens with one attached hydrogen (secondary N) is 1. The van der Waals surface area contributed by atoms with Gasteiger partial charge in [-0.15, -0.1) is 11.6 Å². The van der Waals surface area contributed by atoms with Gasteiger partial charge < -0.3 is 5.32 Å². The highest BCUT2D eigenvalue weighted by Crippen LogP contribution is 2.22. The third-order valence-corrected chi connectivity index (χ3v) is 4.03. The van der Waals surface area contributed by atoms with Crippen molar-refractivity contribution in [2.24, 2.45) is 7.05 Å². The van der Waals surface area contributed by atoms with E-state index >= 15 is 0 Å². The van der Waals surface area contributed by atoms with Gasteiger partial charge in [-0.1, -0.05) is 19.3 Å². The second kappa shape index (κ2) is 6.41. The predicted molar refractivity (Wildman–Crippen MR) is 71.4 cm³/mol. The molecule has 0 bridgehead atoms. The lowest BCUT2D eigenvalue weighted by molar-refractivity contribution is 0.468. The molecule has 0 spiro atoms. The largest absolute Gasteiger partial charge is 0.312 e. The monoisotopic (exact) mass is 255 g/mol. The zero-order chi connectivity index (χ0) is 12.1. The zero-order valence-electron chi connectivity index (χ0n) is 10.5. The topological polar surface area (TPSA) is 29.9 Å². The Morgan fingerprint density at radius 2 is 2.24 bits per heavy atom. The standard InChI is InChI=1S/C13H22ClN3/c1-17-10-11(9-16-17)7-8-15-13-6-4-2-3-5-12(13)14/h9-10,12-13,15H,2-8H2,1H3. The van der Waals surface area contributed by atoms with Crippen molar-refractivity contribution in [1.29, 1.82) is 0 Å². The molecule has 0 amide bonds. The Morgan fingerprint density at radius 3 is 3.00 bits per heavy atom. The van der Waals surface area contributed by atoms with Crippen LogP contribution < -0.4 is 5.32 Å². The summed E-state index contributed by atoms with van der Waals surface area (Å²) < 4.78 is 1.85. The summed E-state index contributed by atoms with van der Waals surface area (Å²) in [6.45, 7) is 1.000. The summed E-state index contributed by atoms with van der Waals surface area (Å²) in [5, 5.41) is 8.09. The fourth-order valence-electron chi connectivity index (χ4n) is 2.50. The van der Waals surface area contributed by atoms with Crippen LogP contribution in [-0.4, -0.2) is 27.7 Å². The van der Waals surface area contributed by atoms with Crippen molar-refractivity contribution in [3.63, 3.8) is 0 Å². The summed E-state index contributed by atoms with van der Waals surface area (Å²) >= 11 is 6.39. The normalized spacial score (nSPS) is 25.8. The van der Waals surface area contributed by atoms with Gasteiger partial charge in [0.2, 0.25) is 0 Å². The molecule has 0 radical (unpaired) electrons. The maximum absolute atomic E-state index is 6.39. The fraction of sp³-hybridized carbons (Fsp3) is 0.769. The Labute approximate surface area is 109 Å². The van der Waals surface area contributed by atoms with Gasteiger partial charge in [-0.25, -0.2) is 0 Å². The highest BCUT2D eigenvalue weighted by molar-refractivity contribution is 6.21. The molecule has 0 saturated heterocycles. The van der Waals surface area contributed by atoms with Gasteiger partial charge in [0, 0.05) is 24.7 Å². The molecule has 1 N–H and O–H groups in total. The van der Waals surface area contributed by atoms with Crippen LogP contribution in [0.5, 0.6) is 0 Å². The van der Waals surface area contributed by atoms with Crippen LogP contribution in [0.25, 0.3) is 0 Å². The SMILES string of the molecule is Cn1cc(CCNC2CCCCCC2Cl)cn1. The molecule has 96 valence electrons. The van der Waals surface area contributed by atoms with Gasteiger partial charge in [-0.2, -0.15) is 5.10 Å². The molecule has 1 aromatic rings. The summed E-state index contributed by atoms with van der Waals surface area (Å²) in [6.07, 6.45) is 11.4. The van der Waals surface area contributed by atoms with Crippen LogP contribution in [-0.2, 0) is 13.5 Å². The van der Waals surface area contributed by atoms with Crippen LogP contribution in [0.4, 0.5) is 0 Å². The number of nitrogens with zero attached hydrogens (tertiary/aromatic N) is 2. The predicted octanol–water partition coefficient (Wildman–Crippen LogP) is 2.49. The van der Waals surface area contributed by atoms with Gasteiger partial charge in [-0.05, 0) is 31.4 Å². The number of alkyl halides is 1. The summed E-state index contributed by atoms with van der Waals surface area (Å²) in [4.78, 5) is 0. The van der Waals surface area contributed by atoms with Gasteiger partial charge in [0.1, 0.15) is 0 Å². The van der Waals surface area contributed by atoms with Crippen molar-refractivity contribution >= 4 is 11.6 Å². The van der Waals surface area contributed by atoms with Gasteiger partial charge >= 0.3 is 0 Å². The van der Waals surface area contributed by atoms with Crippen molar-refractivity contribution < 1.29 is 0 Å². The van der Waals surface area contributed by atoms with Crippen molar-refractivity contribution in [2.75, 3.05) is 6.54 Å².